The largest absolute Gasteiger partial charge is 0.481 e. The predicted molar refractivity (Wildman–Crippen MR) is 103 cm³/mol. The third kappa shape index (κ3) is 4.99. The summed E-state index contributed by atoms with van der Waals surface area (Å²) in [6.45, 7) is 9.88. The molecule has 2 rings (SSSR count). The minimum absolute atomic E-state index is 0.0221. The number of halogens is 1. The molecule has 0 aliphatic rings. The Labute approximate surface area is 155 Å². The molecule has 4 heteroatoms. The summed E-state index contributed by atoms with van der Waals surface area (Å²) >= 11 is 6.03. The molecule has 0 unspecified atom stereocenters. The highest BCUT2D eigenvalue weighted by Gasteiger charge is 2.20. The molecule has 0 saturated carbocycles. The lowest BCUT2D eigenvalue weighted by Crippen LogP contribution is -2.38. The summed E-state index contributed by atoms with van der Waals surface area (Å²) in [4.78, 5) is 12.6. The molecule has 2 aromatic rings. The summed E-state index contributed by atoms with van der Waals surface area (Å²) in [5.74, 6) is 0.517. The molecule has 25 heavy (non-hydrogen) atoms. The van der Waals surface area contributed by atoms with Crippen LogP contribution in [0.3, 0.4) is 0 Å². The van der Waals surface area contributed by atoms with E-state index in [0.29, 0.717) is 10.8 Å². The van der Waals surface area contributed by atoms with Crippen molar-refractivity contribution in [1.29, 1.82) is 0 Å². The first-order valence-corrected chi connectivity index (χ1v) is 9.00. The molecule has 0 aromatic heterocycles. The predicted octanol–water partition coefficient (Wildman–Crippen LogP) is 5.30. The molecule has 2 atom stereocenters. The summed E-state index contributed by atoms with van der Waals surface area (Å²) in [6.07, 6.45) is 0.239. The van der Waals surface area contributed by atoms with Gasteiger partial charge < -0.3 is 10.1 Å². The van der Waals surface area contributed by atoms with E-state index in [1.807, 2.05) is 13.0 Å². The maximum absolute atomic E-state index is 12.6. The average Bonchev–Trinajstić information content (AvgIpc) is 2.56. The fourth-order valence-corrected chi connectivity index (χ4v) is 2.97. The Kier molecular flexibility index (Phi) is 6.49. The number of aryl methyl sites for hydroxylation is 3. The summed E-state index contributed by atoms with van der Waals surface area (Å²) in [5.41, 5.74) is 4.48. The van der Waals surface area contributed by atoms with Crippen LogP contribution in [-0.4, -0.2) is 12.0 Å². The molecule has 0 aliphatic heterocycles. The smallest absolute Gasteiger partial charge is 0.261 e. The maximum atomic E-state index is 12.6. The van der Waals surface area contributed by atoms with Crippen molar-refractivity contribution in [2.45, 2.75) is 53.2 Å². The zero-order chi connectivity index (χ0) is 18.6. The third-order valence-electron chi connectivity index (χ3n) is 4.34. The Morgan fingerprint density at radius 3 is 2.44 bits per heavy atom. The standard InChI is InChI=1S/C21H26ClNO2/c1-6-20(18-9-7-13(2)11-14(18)3)23-21(24)16(5)25-17-8-10-19(22)15(4)12-17/h7-12,16,20H,6H2,1-5H3,(H,23,24)/t16-,20+/m1/s1. The van der Waals surface area contributed by atoms with Crippen LogP contribution in [0.25, 0.3) is 0 Å². The van der Waals surface area contributed by atoms with Gasteiger partial charge in [-0.2, -0.15) is 0 Å². The minimum atomic E-state index is -0.583. The lowest BCUT2D eigenvalue weighted by Gasteiger charge is -2.22. The second-order valence-electron chi connectivity index (χ2n) is 6.50. The summed E-state index contributed by atoms with van der Waals surface area (Å²) < 4.78 is 5.77. The van der Waals surface area contributed by atoms with Gasteiger partial charge in [-0.1, -0.05) is 42.3 Å². The van der Waals surface area contributed by atoms with Crippen LogP contribution < -0.4 is 10.1 Å². The van der Waals surface area contributed by atoms with Gasteiger partial charge in [-0.3, -0.25) is 4.79 Å². The number of nitrogens with one attached hydrogen (secondary N) is 1. The zero-order valence-electron chi connectivity index (χ0n) is 15.5. The molecule has 134 valence electrons. The molecular formula is C21H26ClNO2. The fraction of sp³-hybridized carbons (Fsp3) is 0.381. The molecule has 2 aromatic carbocycles. The number of carbonyl (C=O) groups excluding carboxylic acids is 1. The molecule has 0 fully saturated rings. The molecule has 0 saturated heterocycles. The fourth-order valence-electron chi connectivity index (χ4n) is 2.85. The second-order valence-corrected chi connectivity index (χ2v) is 6.91. The number of amides is 1. The van der Waals surface area contributed by atoms with Gasteiger partial charge in [-0.15, -0.1) is 0 Å². The highest BCUT2D eigenvalue weighted by molar-refractivity contribution is 6.31. The molecule has 0 aliphatic carbocycles. The van der Waals surface area contributed by atoms with E-state index in [-0.39, 0.29) is 11.9 Å². The Balaban J connectivity index is 2.06. The normalized spacial score (nSPS) is 13.2. The molecule has 0 bridgehead atoms. The lowest BCUT2D eigenvalue weighted by atomic mass is 9.97. The van der Waals surface area contributed by atoms with Crippen LogP contribution in [0.2, 0.25) is 5.02 Å². The molecule has 0 spiro atoms. The van der Waals surface area contributed by atoms with E-state index in [2.05, 4.69) is 44.3 Å². The second kappa shape index (κ2) is 8.39. The van der Waals surface area contributed by atoms with Crippen molar-refractivity contribution in [2.24, 2.45) is 0 Å². The molecule has 3 nitrogen and oxygen atoms in total. The lowest BCUT2D eigenvalue weighted by molar-refractivity contribution is -0.128. The SMILES string of the molecule is CC[C@H](NC(=O)[C@@H](C)Oc1ccc(Cl)c(C)c1)c1ccc(C)cc1C. The van der Waals surface area contributed by atoms with Gasteiger partial charge in [0, 0.05) is 5.02 Å². The van der Waals surface area contributed by atoms with Crippen molar-refractivity contribution in [3.05, 3.63) is 63.7 Å². The van der Waals surface area contributed by atoms with Crippen molar-refractivity contribution in [3.63, 3.8) is 0 Å². The van der Waals surface area contributed by atoms with Crippen LogP contribution in [0.15, 0.2) is 36.4 Å². The van der Waals surface area contributed by atoms with Gasteiger partial charge in [0.2, 0.25) is 0 Å². The van der Waals surface area contributed by atoms with E-state index >= 15 is 0 Å². The third-order valence-corrected chi connectivity index (χ3v) is 4.76. The molecule has 1 N–H and O–H groups in total. The van der Waals surface area contributed by atoms with E-state index in [1.165, 1.54) is 11.1 Å². The van der Waals surface area contributed by atoms with Crippen LogP contribution in [0.1, 0.15) is 48.6 Å². The highest BCUT2D eigenvalue weighted by atomic mass is 35.5. The van der Waals surface area contributed by atoms with E-state index in [9.17, 15) is 4.79 Å². The molecule has 0 radical (unpaired) electrons. The number of hydrogen-bond donors (Lipinski definition) is 1. The summed E-state index contributed by atoms with van der Waals surface area (Å²) in [5, 5.41) is 3.78. The first kappa shape index (κ1) is 19.3. The van der Waals surface area contributed by atoms with Gasteiger partial charge in [0.25, 0.3) is 5.91 Å². The van der Waals surface area contributed by atoms with Crippen molar-refractivity contribution >= 4 is 17.5 Å². The number of rotatable bonds is 6. The van der Waals surface area contributed by atoms with Crippen LogP contribution in [0.5, 0.6) is 5.75 Å². The Hall–Kier alpha value is -2.00. The monoisotopic (exact) mass is 359 g/mol. The number of ether oxygens (including phenoxy) is 1. The maximum Gasteiger partial charge on any atom is 0.261 e. The van der Waals surface area contributed by atoms with E-state index in [4.69, 9.17) is 16.3 Å². The average molecular weight is 360 g/mol. The number of benzene rings is 2. The minimum Gasteiger partial charge on any atom is -0.481 e. The number of carbonyl (C=O) groups is 1. The van der Waals surface area contributed by atoms with Crippen molar-refractivity contribution in [3.8, 4) is 5.75 Å². The van der Waals surface area contributed by atoms with Crippen LogP contribution >= 0.6 is 11.6 Å². The van der Waals surface area contributed by atoms with Crippen molar-refractivity contribution in [1.82, 2.24) is 5.32 Å². The van der Waals surface area contributed by atoms with Gasteiger partial charge in [-0.05, 0) is 69.0 Å². The van der Waals surface area contributed by atoms with Crippen LogP contribution in [0.4, 0.5) is 0 Å². The van der Waals surface area contributed by atoms with Crippen LogP contribution in [0, 0.1) is 20.8 Å². The Morgan fingerprint density at radius 2 is 1.84 bits per heavy atom. The van der Waals surface area contributed by atoms with Gasteiger partial charge in [0.05, 0.1) is 6.04 Å². The molecule has 0 heterocycles. The first-order chi connectivity index (χ1) is 11.8. The molecule has 1 amide bonds. The van der Waals surface area contributed by atoms with Gasteiger partial charge in [0.15, 0.2) is 6.10 Å². The van der Waals surface area contributed by atoms with E-state index < -0.39 is 6.10 Å². The van der Waals surface area contributed by atoms with Crippen LogP contribution in [-0.2, 0) is 4.79 Å². The van der Waals surface area contributed by atoms with Gasteiger partial charge in [-0.25, -0.2) is 0 Å². The molecular weight excluding hydrogens is 334 g/mol. The van der Waals surface area contributed by atoms with Crippen molar-refractivity contribution in [2.75, 3.05) is 0 Å². The summed E-state index contributed by atoms with van der Waals surface area (Å²) in [6, 6.07) is 11.7. The van der Waals surface area contributed by atoms with Gasteiger partial charge in [0.1, 0.15) is 5.75 Å². The van der Waals surface area contributed by atoms with E-state index in [1.54, 1.807) is 19.1 Å². The highest BCUT2D eigenvalue weighted by Crippen LogP contribution is 2.24. The summed E-state index contributed by atoms with van der Waals surface area (Å²) in [7, 11) is 0. The van der Waals surface area contributed by atoms with Gasteiger partial charge >= 0.3 is 0 Å². The Morgan fingerprint density at radius 1 is 1.12 bits per heavy atom. The van der Waals surface area contributed by atoms with Crippen molar-refractivity contribution < 1.29 is 9.53 Å². The zero-order valence-corrected chi connectivity index (χ0v) is 16.3. The Bertz CT molecular complexity index is 758. The topological polar surface area (TPSA) is 38.3 Å². The first-order valence-electron chi connectivity index (χ1n) is 8.62. The van der Waals surface area contributed by atoms with E-state index in [0.717, 1.165) is 17.5 Å². The quantitative estimate of drug-likeness (QED) is 0.760. The number of hydrogen-bond acceptors (Lipinski definition) is 2.